The molecule has 3 aromatic carbocycles. The molecule has 4 nitrogen and oxygen atoms in total. The minimum absolute atomic E-state index is 0.157. The fourth-order valence-electron chi connectivity index (χ4n) is 3.00. The molecule has 0 radical (unpaired) electrons. The summed E-state index contributed by atoms with van der Waals surface area (Å²) in [4.78, 5) is 37.9. The van der Waals surface area contributed by atoms with Crippen molar-refractivity contribution >= 4 is 29.8 Å². The van der Waals surface area contributed by atoms with E-state index in [9.17, 15) is 14.4 Å². The summed E-state index contributed by atoms with van der Waals surface area (Å²) in [5.41, 5.74) is 1.63. The minimum Gasteiger partial charge on any atom is -0.428 e. The number of hydrogen-bond donors (Lipinski definition) is 0. The second-order valence-corrected chi connectivity index (χ2v) is 6.73. The van der Waals surface area contributed by atoms with Crippen molar-refractivity contribution in [2.24, 2.45) is 0 Å². The third-order valence-corrected chi connectivity index (χ3v) is 5.28. The summed E-state index contributed by atoms with van der Waals surface area (Å²) in [5.74, 6) is 0.0715. The Labute approximate surface area is 153 Å². The molecule has 0 unspecified atom stereocenters. The van der Waals surface area contributed by atoms with Crippen molar-refractivity contribution < 1.29 is 19.1 Å². The van der Waals surface area contributed by atoms with E-state index in [0.717, 1.165) is 0 Å². The van der Waals surface area contributed by atoms with E-state index in [1.165, 1.54) is 11.8 Å². The molecule has 126 valence electrons. The lowest BCUT2D eigenvalue weighted by atomic mass is 9.84. The molecule has 0 N–H and O–H groups in total. The van der Waals surface area contributed by atoms with Gasteiger partial charge in [-0.15, -0.1) is 0 Å². The first-order valence-electron chi connectivity index (χ1n) is 7.89. The maximum atomic E-state index is 13.0. The van der Waals surface area contributed by atoms with E-state index < -0.39 is 0 Å². The third-order valence-electron chi connectivity index (χ3n) is 4.16. The SMILES string of the molecule is O=COc1ccccc1Sc1cccc2c1C(=O)c1ccccc1C2=O. The molecular weight excluding hydrogens is 348 g/mol. The van der Waals surface area contributed by atoms with Gasteiger partial charge in [0.15, 0.2) is 11.6 Å². The van der Waals surface area contributed by atoms with E-state index in [-0.39, 0.29) is 11.6 Å². The van der Waals surface area contributed by atoms with Crippen LogP contribution in [0.25, 0.3) is 0 Å². The molecule has 26 heavy (non-hydrogen) atoms. The number of hydrogen-bond acceptors (Lipinski definition) is 5. The van der Waals surface area contributed by atoms with Gasteiger partial charge in [0, 0.05) is 27.1 Å². The monoisotopic (exact) mass is 360 g/mol. The predicted molar refractivity (Wildman–Crippen MR) is 97.0 cm³/mol. The van der Waals surface area contributed by atoms with Crippen LogP contribution in [0.2, 0.25) is 0 Å². The van der Waals surface area contributed by atoms with Crippen molar-refractivity contribution in [1.82, 2.24) is 0 Å². The summed E-state index contributed by atoms with van der Waals surface area (Å²) < 4.78 is 5.00. The molecule has 0 bridgehead atoms. The number of ketones is 2. The second kappa shape index (κ2) is 6.61. The van der Waals surface area contributed by atoms with Crippen LogP contribution in [-0.4, -0.2) is 18.0 Å². The van der Waals surface area contributed by atoms with E-state index in [4.69, 9.17) is 4.74 Å². The van der Waals surface area contributed by atoms with Crippen molar-refractivity contribution in [3.63, 3.8) is 0 Å². The lowest BCUT2D eigenvalue weighted by molar-refractivity contribution is -0.120. The zero-order chi connectivity index (χ0) is 18.1. The Kier molecular flexibility index (Phi) is 4.14. The van der Waals surface area contributed by atoms with Crippen LogP contribution in [0.1, 0.15) is 31.8 Å². The van der Waals surface area contributed by atoms with Gasteiger partial charge in [-0.1, -0.05) is 60.3 Å². The minimum atomic E-state index is -0.174. The zero-order valence-corrected chi connectivity index (χ0v) is 14.3. The first kappa shape index (κ1) is 16.3. The number of ether oxygens (including phenoxy) is 1. The van der Waals surface area contributed by atoms with Crippen LogP contribution in [0.15, 0.2) is 76.5 Å². The van der Waals surface area contributed by atoms with Crippen LogP contribution in [0.4, 0.5) is 0 Å². The number of benzene rings is 3. The van der Waals surface area contributed by atoms with Crippen LogP contribution in [-0.2, 0) is 4.79 Å². The van der Waals surface area contributed by atoms with Gasteiger partial charge in [-0.2, -0.15) is 0 Å². The summed E-state index contributed by atoms with van der Waals surface area (Å²) in [6.07, 6.45) is 0. The highest BCUT2D eigenvalue weighted by atomic mass is 32.2. The molecule has 5 heteroatoms. The van der Waals surface area contributed by atoms with Gasteiger partial charge in [-0.3, -0.25) is 14.4 Å². The standard InChI is InChI=1S/C21H12O4S/c22-12-25-16-9-3-4-10-17(16)26-18-11-5-8-15-19(18)21(24)14-7-2-1-6-13(14)20(15)23/h1-12H. The maximum absolute atomic E-state index is 13.0. The molecule has 0 amide bonds. The molecule has 0 spiro atoms. The Balaban J connectivity index is 1.83. The van der Waals surface area contributed by atoms with Gasteiger partial charge in [0.05, 0.1) is 4.90 Å². The van der Waals surface area contributed by atoms with Gasteiger partial charge >= 0.3 is 0 Å². The van der Waals surface area contributed by atoms with Crippen molar-refractivity contribution in [2.75, 3.05) is 0 Å². The molecule has 0 fully saturated rings. The van der Waals surface area contributed by atoms with E-state index in [1.54, 1.807) is 60.7 Å². The Hall–Kier alpha value is -3.18. The summed E-state index contributed by atoms with van der Waals surface area (Å²) in [7, 11) is 0. The first-order valence-corrected chi connectivity index (χ1v) is 8.71. The molecule has 0 aliphatic heterocycles. The highest BCUT2D eigenvalue weighted by molar-refractivity contribution is 7.99. The normalized spacial score (nSPS) is 12.3. The van der Waals surface area contributed by atoms with E-state index >= 15 is 0 Å². The van der Waals surface area contributed by atoms with Gasteiger partial charge < -0.3 is 4.74 Å². The summed E-state index contributed by atoms with van der Waals surface area (Å²) in [6, 6.07) is 19.1. The molecule has 0 saturated carbocycles. The summed E-state index contributed by atoms with van der Waals surface area (Å²) >= 11 is 1.29. The first-order chi connectivity index (χ1) is 12.7. The van der Waals surface area contributed by atoms with Gasteiger partial charge in [0.1, 0.15) is 5.75 Å². The Morgan fingerprint density at radius 1 is 0.692 bits per heavy atom. The number of carbonyl (C=O) groups is 3. The van der Waals surface area contributed by atoms with Crippen LogP contribution in [0, 0.1) is 0 Å². The largest absolute Gasteiger partial charge is 0.428 e. The van der Waals surface area contributed by atoms with Gasteiger partial charge in [0.25, 0.3) is 6.47 Å². The topological polar surface area (TPSA) is 60.4 Å². The molecule has 1 aliphatic rings. The Morgan fingerprint density at radius 3 is 2.08 bits per heavy atom. The number of carbonyl (C=O) groups excluding carboxylic acids is 3. The number of rotatable bonds is 4. The van der Waals surface area contributed by atoms with Gasteiger partial charge in [0.2, 0.25) is 0 Å². The number of para-hydroxylation sites is 1. The lowest BCUT2D eigenvalue weighted by Gasteiger charge is -2.20. The number of fused-ring (bicyclic) bond motifs is 2. The van der Waals surface area contributed by atoms with Gasteiger partial charge in [-0.25, -0.2) is 0 Å². The molecule has 0 atom stereocenters. The molecule has 3 aromatic rings. The van der Waals surface area contributed by atoms with Crippen LogP contribution in [0.5, 0.6) is 5.75 Å². The molecule has 0 aromatic heterocycles. The quantitative estimate of drug-likeness (QED) is 0.512. The maximum Gasteiger partial charge on any atom is 0.298 e. The zero-order valence-electron chi connectivity index (χ0n) is 13.5. The summed E-state index contributed by atoms with van der Waals surface area (Å²) in [5, 5.41) is 0. The average molecular weight is 360 g/mol. The van der Waals surface area contributed by atoms with Crippen molar-refractivity contribution in [1.29, 1.82) is 0 Å². The third kappa shape index (κ3) is 2.62. The molecule has 4 rings (SSSR count). The van der Waals surface area contributed by atoms with Crippen LogP contribution >= 0.6 is 11.8 Å². The molecule has 0 heterocycles. The van der Waals surface area contributed by atoms with E-state index in [1.807, 2.05) is 6.07 Å². The average Bonchev–Trinajstić information content (AvgIpc) is 2.68. The fraction of sp³-hybridized carbons (Fsp3) is 0. The second-order valence-electron chi connectivity index (χ2n) is 5.65. The predicted octanol–water partition coefficient (Wildman–Crippen LogP) is 4.15. The molecule has 0 saturated heterocycles. The van der Waals surface area contributed by atoms with Crippen LogP contribution < -0.4 is 4.74 Å². The Bertz CT molecular complexity index is 1060. The van der Waals surface area contributed by atoms with Crippen molar-refractivity contribution in [2.45, 2.75) is 9.79 Å². The van der Waals surface area contributed by atoms with Crippen LogP contribution in [0.3, 0.4) is 0 Å². The molecule has 1 aliphatic carbocycles. The highest BCUT2D eigenvalue weighted by Crippen LogP contribution is 2.40. The van der Waals surface area contributed by atoms with Gasteiger partial charge in [-0.05, 0) is 18.2 Å². The van der Waals surface area contributed by atoms with E-state index in [0.29, 0.717) is 44.3 Å². The smallest absolute Gasteiger partial charge is 0.298 e. The molecular formula is C21H12O4S. The highest BCUT2D eigenvalue weighted by Gasteiger charge is 2.31. The van der Waals surface area contributed by atoms with Crippen molar-refractivity contribution in [3.8, 4) is 5.75 Å². The Morgan fingerprint density at radius 2 is 1.31 bits per heavy atom. The fourth-order valence-corrected chi connectivity index (χ4v) is 4.05. The van der Waals surface area contributed by atoms with Crippen molar-refractivity contribution in [3.05, 3.63) is 89.0 Å². The van der Waals surface area contributed by atoms with E-state index in [2.05, 4.69) is 0 Å². The lowest BCUT2D eigenvalue weighted by Crippen LogP contribution is -2.21. The summed E-state index contributed by atoms with van der Waals surface area (Å²) in [6.45, 7) is 0.366.